The van der Waals surface area contributed by atoms with E-state index < -0.39 is 0 Å². The average molecular weight is 251 g/mol. The summed E-state index contributed by atoms with van der Waals surface area (Å²) in [6.45, 7) is 8.07. The summed E-state index contributed by atoms with van der Waals surface area (Å²) < 4.78 is 5.36. The van der Waals surface area contributed by atoms with Crippen molar-refractivity contribution in [1.82, 2.24) is 5.32 Å². The second-order valence-corrected chi connectivity index (χ2v) is 4.75. The van der Waals surface area contributed by atoms with Gasteiger partial charge in [0, 0.05) is 0 Å². The van der Waals surface area contributed by atoms with Crippen LogP contribution in [-0.4, -0.2) is 17.7 Å². The first kappa shape index (κ1) is 14.8. The lowest BCUT2D eigenvalue weighted by Crippen LogP contribution is -2.40. The zero-order chi connectivity index (χ0) is 13.6. The molecule has 2 atom stereocenters. The number of rotatable bonds is 3. The van der Waals surface area contributed by atoms with Crippen LogP contribution in [0, 0.1) is 0 Å². The van der Waals surface area contributed by atoms with Gasteiger partial charge in [-0.2, -0.15) is 0 Å². The lowest BCUT2D eigenvalue weighted by molar-refractivity contribution is 0.0489. The number of ether oxygens (including phenoxy) is 1. The predicted octanol–water partition coefficient (Wildman–Crippen LogP) is 3.96. The first-order chi connectivity index (χ1) is 8.64. The van der Waals surface area contributed by atoms with Crippen LogP contribution >= 0.6 is 0 Å². The van der Waals surface area contributed by atoms with Crippen LogP contribution < -0.4 is 5.32 Å². The zero-order valence-corrected chi connectivity index (χ0v) is 12.0. The molecule has 1 aliphatic heterocycles. The Bertz CT molecular complexity index is 346. The highest BCUT2D eigenvalue weighted by molar-refractivity contribution is 5.71. The van der Waals surface area contributed by atoms with Gasteiger partial charge in [0.2, 0.25) is 0 Å². The van der Waals surface area contributed by atoms with Crippen molar-refractivity contribution in [2.24, 2.45) is 0 Å². The number of allylic oxidation sites excluding steroid dienone is 3. The summed E-state index contributed by atoms with van der Waals surface area (Å²) in [7, 11) is 0. The van der Waals surface area contributed by atoms with Crippen molar-refractivity contribution in [2.45, 2.75) is 65.0 Å². The van der Waals surface area contributed by atoms with Crippen molar-refractivity contribution in [1.29, 1.82) is 0 Å². The molecule has 1 heterocycles. The van der Waals surface area contributed by atoms with Crippen molar-refractivity contribution in [3.63, 3.8) is 0 Å². The highest BCUT2D eigenvalue weighted by Crippen LogP contribution is 2.31. The maximum absolute atomic E-state index is 11.3. The Balaban J connectivity index is 0.000000771. The molecular formula is C15H25NO2. The molecular weight excluding hydrogens is 226 g/mol. The van der Waals surface area contributed by atoms with E-state index in [1.165, 1.54) is 5.57 Å². The third-order valence-electron chi connectivity index (χ3n) is 3.62. The Labute approximate surface area is 110 Å². The average Bonchev–Trinajstić information content (AvgIpc) is 2.69. The van der Waals surface area contributed by atoms with Crippen LogP contribution in [0.1, 0.15) is 53.4 Å². The van der Waals surface area contributed by atoms with E-state index in [1.807, 2.05) is 20.8 Å². The van der Waals surface area contributed by atoms with Gasteiger partial charge < -0.3 is 10.1 Å². The summed E-state index contributed by atoms with van der Waals surface area (Å²) in [6.07, 6.45) is 10.1. The molecule has 102 valence electrons. The molecule has 2 rings (SSSR count). The molecule has 0 bridgehead atoms. The van der Waals surface area contributed by atoms with E-state index in [2.05, 4.69) is 30.5 Å². The minimum Gasteiger partial charge on any atom is -0.441 e. The van der Waals surface area contributed by atoms with Gasteiger partial charge in [0.05, 0.1) is 6.04 Å². The molecule has 1 saturated heterocycles. The molecule has 2 unspecified atom stereocenters. The molecule has 0 spiro atoms. The summed E-state index contributed by atoms with van der Waals surface area (Å²) in [5.74, 6) is 0. The summed E-state index contributed by atoms with van der Waals surface area (Å²) in [4.78, 5) is 11.3. The second-order valence-electron chi connectivity index (χ2n) is 4.75. The number of carbonyl (C=O) groups excluding carboxylic acids is 1. The van der Waals surface area contributed by atoms with E-state index in [4.69, 9.17) is 4.74 Å². The lowest BCUT2D eigenvalue weighted by Gasteiger charge is -2.28. The fourth-order valence-electron chi connectivity index (χ4n) is 2.28. The molecule has 1 aliphatic carbocycles. The monoisotopic (exact) mass is 251 g/mol. The molecule has 0 aromatic heterocycles. The van der Waals surface area contributed by atoms with Crippen molar-refractivity contribution >= 4 is 6.09 Å². The van der Waals surface area contributed by atoms with Gasteiger partial charge >= 0.3 is 6.09 Å². The number of carbonyl (C=O) groups is 1. The number of amides is 1. The van der Waals surface area contributed by atoms with Crippen molar-refractivity contribution in [3.8, 4) is 0 Å². The molecule has 0 aromatic rings. The Morgan fingerprint density at radius 1 is 1.50 bits per heavy atom. The first-order valence-electron chi connectivity index (χ1n) is 6.98. The van der Waals surface area contributed by atoms with Gasteiger partial charge in [0.25, 0.3) is 0 Å². The quantitative estimate of drug-likeness (QED) is 0.824. The Hall–Kier alpha value is -1.25. The smallest absolute Gasteiger partial charge is 0.408 e. The van der Waals surface area contributed by atoms with Gasteiger partial charge in [0.15, 0.2) is 0 Å². The van der Waals surface area contributed by atoms with Crippen LogP contribution in [0.2, 0.25) is 0 Å². The highest BCUT2D eigenvalue weighted by atomic mass is 16.6. The molecule has 0 radical (unpaired) electrons. The maximum Gasteiger partial charge on any atom is 0.408 e. The van der Waals surface area contributed by atoms with Crippen LogP contribution in [0.4, 0.5) is 4.79 Å². The fourth-order valence-corrected chi connectivity index (χ4v) is 2.28. The molecule has 18 heavy (non-hydrogen) atoms. The van der Waals surface area contributed by atoms with Gasteiger partial charge in [-0.1, -0.05) is 44.6 Å². The number of alkyl carbamates (subject to hydrolysis) is 1. The molecule has 3 heteroatoms. The van der Waals surface area contributed by atoms with Crippen molar-refractivity contribution in [2.75, 3.05) is 0 Å². The third-order valence-corrected chi connectivity index (χ3v) is 3.62. The molecule has 2 aliphatic rings. The Morgan fingerprint density at radius 2 is 2.22 bits per heavy atom. The van der Waals surface area contributed by atoms with Crippen LogP contribution in [0.3, 0.4) is 0 Å². The van der Waals surface area contributed by atoms with E-state index in [0.717, 1.165) is 25.7 Å². The zero-order valence-electron chi connectivity index (χ0n) is 12.0. The predicted molar refractivity (Wildman–Crippen MR) is 74.5 cm³/mol. The summed E-state index contributed by atoms with van der Waals surface area (Å²) >= 11 is 0. The highest BCUT2D eigenvalue weighted by Gasteiger charge is 2.43. The molecule has 3 nitrogen and oxygen atoms in total. The number of cyclic esters (lactones) is 1. The number of hydrogen-bond donors (Lipinski definition) is 1. The Morgan fingerprint density at radius 3 is 2.78 bits per heavy atom. The Kier molecular flexibility index (Phi) is 5.45. The van der Waals surface area contributed by atoms with Gasteiger partial charge in [-0.05, 0) is 32.6 Å². The van der Waals surface area contributed by atoms with E-state index in [1.54, 1.807) is 0 Å². The van der Waals surface area contributed by atoms with E-state index in [-0.39, 0.29) is 17.7 Å². The number of nitrogens with one attached hydrogen (secondary N) is 1. The molecule has 1 amide bonds. The standard InChI is InChI=1S/C13H19NO2.C2H6/c1-3-13(2)11(14-12(15)16-13)9-10-7-5-4-6-8-10;1-2/h4-5,7,11H,3,6,8-9H2,1-2H3,(H,14,15);1-2H3. The van der Waals surface area contributed by atoms with E-state index in [9.17, 15) is 4.79 Å². The van der Waals surface area contributed by atoms with Gasteiger partial charge in [0.1, 0.15) is 5.60 Å². The van der Waals surface area contributed by atoms with Gasteiger partial charge in [-0.25, -0.2) is 4.79 Å². The SMILES string of the molecule is CC.CCC1(C)OC(=O)NC1CC1=CC=CCC1. The second kappa shape index (κ2) is 6.62. The first-order valence-corrected chi connectivity index (χ1v) is 6.98. The minimum absolute atomic E-state index is 0.114. The van der Waals surface area contributed by atoms with Crippen molar-refractivity contribution in [3.05, 3.63) is 23.8 Å². The van der Waals surface area contributed by atoms with Gasteiger partial charge in [-0.3, -0.25) is 0 Å². The van der Waals surface area contributed by atoms with Gasteiger partial charge in [-0.15, -0.1) is 0 Å². The largest absolute Gasteiger partial charge is 0.441 e. The maximum atomic E-state index is 11.3. The van der Waals surface area contributed by atoms with Crippen molar-refractivity contribution < 1.29 is 9.53 Å². The minimum atomic E-state index is -0.348. The normalized spacial score (nSPS) is 29.9. The lowest BCUT2D eigenvalue weighted by atomic mass is 9.87. The molecule has 1 N–H and O–H groups in total. The van der Waals surface area contributed by atoms with E-state index >= 15 is 0 Å². The van der Waals surface area contributed by atoms with E-state index in [0.29, 0.717) is 0 Å². The fraction of sp³-hybridized carbons (Fsp3) is 0.667. The molecule has 0 saturated carbocycles. The summed E-state index contributed by atoms with van der Waals surface area (Å²) in [5, 5.41) is 2.92. The van der Waals surface area contributed by atoms with Crippen LogP contribution in [0.5, 0.6) is 0 Å². The molecule has 1 fully saturated rings. The number of hydrogen-bond acceptors (Lipinski definition) is 2. The topological polar surface area (TPSA) is 38.3 Å². The van der Waals surface area contributed by atoms with Crippen LogP contribution in [0.15, 0.2) is 23.8 Å². The molecule has 0 aromatic carbocycles. The summed E-state index contributed by atoms with van der Waals surface area (Å²) in [6, 6.07) is 0.114. The van der Waals surface area contributed by atoms with Crippen LogP contribution in [-0.2, 0) is 4.74 Å². The third kappa shape index (κ3) is 3.37. The summed E-state index contributed by atoms with van der Waals surface area (Å²) in [5.41, 5.74) is 1.05. The van der Waals surface area contributed by atoms with Crippen LogP contribution in [0.25, 0.3) is 0 Å².